The third-order valence-corrected chi connectivity index (χ3v) is 5.86. The van der Waals surface area contributed by atoms with Gasteiger partial charge in [-0.2, -0.15) is 0 Å². The Kier molecular flexibility index (Phi) is 6.60. The lowest BCUT2D eigenvalue weighted by molar-refractivity contribution is -0.150. The summed E-state index contributed by atoms with van der Waals surface area (Å²) in [6.07, 6.45) is 0.340. The van der Waals surface area contributed by atoms with Gasteiger partial charge in [0.05, 0.1) is 22.1 Å². The molecule has 1 aromatic carbocycles. The first-order chi connectivity index (χ1) is 12.2. The van der Waals surface area contributed by atoms with E-state index in [1.165, 1.54) is 13.0 Å². The molecule has 26 heavy (non-hydrogen) atoms. The third-order valence-electron chi connectivity index (χ3n) is 3.76. The molecule has 0 bridgehead atoms. The van der Waals surface area contributed by atoms with E-state index in [0.29, 0.717) is 6.42 Å². The SMILES string of the molecule is C[C@H](NC(=O)c1ccccc1Cl)C(=O)OCC(=O)NC1CCS(=O)(=O)C1. The Bertz CT molecular complexity index is 811. The van der Waals surface area contributed by atoms with Gasteiger partial charge in [0, 0.05) is 6.04 Å². The molecule has 1 aliphatic rings. The van der Waals surface area contributed by atoms with Gasteiger partial charge in [0.15, 0.2) is 16.4 Å². The number of ether oxygens (including phenoxy) is 1. The van der Waals surface area contributed by atoms with Crippen LogP contribution in [0.1, 0.15) is 23.7 Å². The van der Waals surface area contributed by atoms with Gasteiger partial charge in [-0.15, -0.1) is 0 Å². The van der Waals surface area contributed by atoms with Gasteiger partial charge in [-0.25, -0.2) is 13.2 Å². The first-order valence-electron chi connectivity index (χ1n) is 7.90. The molecule has 0 saturated carbocycles. The van der Waals surface area contributed by atoms with Crippen molar-refractivity contribution in [3.63, 3.8) is 0 Å². The Hall–Kier alpha value is -2.13. The average molecular weight is 403 g/mol. The van der Waals surface area contributed by atoms with Crippen LogP contribution in [-0.2, 0) is 24.2 Å². The normalized spacial score (nSPS) is 19.4. The molecule has 142 valence electrons. The van der Waals surface area contributed by atoms with Crippen molar-refractivity contribution in [3.8, 4) is 0 Å². The van der Waals surface area contributed by atoms with Crippen molar-refractivity contribution in [2.45, 2.75) is 25.4 Å². The van der Waals surface area contributed by atoms with Crippen molar-refractivity contribution < 1.29 is 27.5 Å². The standard InChI is InChI=1S/C16H19ClN2O6S/c1-10(18-15(21)12-4-2-3-5-13(12)17)16(22)25-8-14(20)19-11-6-7-26(23,24)9-11/h2-5,10-11H,6-9H2,1H3,(H,18,21)(H,19,20)/t10-,11?/m0/s1. The highest BCUT2D eigenvalue weighted by Crippen LogP contribution is 2.14. The fourth-order valence-corrected chi connectivity index (χ4v) is 4.31. The minimum atomic E-state index is -3.11. The van der Waals surface area contributed by atoms with Gasteiger partial charge in [-0.3, -0.25) is 9.59 Å². The molecule has 2 N–H and O–H groups in total. The molecule has 1 saturated heterocycles. The summed E-state index contributed by atoms with van der Waals surface area (Å²) in [7, 11) is -3.11. The fraction of sp³-hybridized carbons (Fsp3) is 0.438. The third kappa shape index (κ3) is 5.70. The molecule has 2 atom stereocenters. The highest BCUT2D eigenvalue weighted by Gasteiger charge is 2.29. The molecule has 10 heteroatoms. The molecule has 1 unspecified atom stereocenters. The Morgan fingerprint density at radius 3 is 2.62 bits per heavy atom. The van der Waals surface area contributed by atoms with Gasteiger partial charge in [-0.05, 0) is 25.5 Å². The zero-order chi connectivity index (χ0) is 19.3. The second kappa shape index (κ2) is 8.50. The number of esters is 1. The first kappa shape index (κ1) is 20.2. The summed E-state index contributed by atoms with van der Waals surface area (Å²) in [6.45, 7) is 0.861. The van der Waals surface area contributed by atoms with Gasteiger partial charge >= 0.3 is 5.97 Å². The molecule has 0 aliphatic carbocycles. The van der Waals surface area contributed by atoms with Crippen LogP contribution in [0.2, 0.25) is 5.02 Å². The van der Waals surface area contributed by atoms with Crippen molar-refractivity contribution in [1.82, 2.24) is 10.6 Å². The molecule has 0 aromatic heterocycles. The summed E-state index contributed by atoms with van der Waals surface area (Å²) in [5.74, 6) is -2.01. The van der Waals surface area contributed by atoms with Crippen LogP contribution < -0.4 is 10.6 Å². The lowest BCUT2D eigenvalue weighted by Crippen LogP contribution is -2.42. The molecule has 1 fully saturated rings. The van der Waals surface area contributed by atoms with Crippen LogP contribution in [0.3, 0.4) is 0 Å². The van der Waals surface area contributed by atoms with Crippen LogP contribution in [0.4, 0.5) is 0 Å². The lowest BCUT2D eigenvalue weighted by atomic mass is 10.2. The fourth-order valence-electron chi connectivity index (χ4n) is 2.42. The number of benzene rings is 1. The van der Waals surface area contributed by atoms with E-state index in [9.17, 15) is 22.8 Å². The number of hydrogen-bond donors (Lipinski definition) is 2. The van der Waals surface area contributed by atoms with E-state index in [0.717, 1.165) is 0 Å². The van der Waals surface area contributed by atoms with Crippen molar-refractivity contribution in [1.29, 1.82) is 0 Å². The van der Waals surface area contributed by atoms with Crippen molar-refractivity contribution >= 4 is 39.2 Å². The van der Waals surface area contributed by atoms with E-state index in [1.807, 2.05) is 0 Å². The molecule has 2 amide bonds. The summed E-state index contributed by atoms with van der Waals surface area (Å²) in [5.41, 5.74) is 0.217. The van der Waals surface area contributed by atoms with Crippen molar-refractivity contribution in [2.24, 2.45) is 0 Å². The van der Waals surface area contributed by atoms with Crippen LogP contribution in [0.15, 0.2) is 24.3 Å². The van der Waals surface area contributed by atoms with Crippen LogP contribution in [0.5, 0.6) is 0 Å². The van der Waals surface area contributed by atoms with Crippen molar-refractivity contribution in [2.75, 3.05) is 18.1 Å². The number of carbonyl (C=O) groups is 3. The lowest BCUT2D eigenvalue weighted by Gasteiger charge is -2.15. The van der Waals surface area contributed by atoms with E-state index in [4.69, 9.17) is 16.3 Å². The minimum absolute atomic E-state index is 0.0306. The molecule has 0 spiro atoms. The van der Waals surface area contributed by atoms with Gasteiger partial charge in [0.25, 0.3) is 11.8 Å². The predicted octanol–water partition coefficient (Wildman–Crippen LogP) is 0.305. The predicted molar refractivity (Wildman–Crippen MR) is 94.5 cm³/mol. The zero-order valence-corrected chi connectivity index (χ0v) is 15.6. The highest BCUT2D eigenvalue weighted by atomic mass is 35.5. The number of rotatable bonds is 6. The molecule has 0 radical (unpaired) electrons. The van der Waals surface area contributed by atoms with E-state index in [-0.39, 0.29) is 22.1 Å². The van der Waals surface area contributed by atoms with Crippen LogP contribution in [-0.4, -0.2) is 56.4 Å². The van der Waals surface area contributed by atoms with Gasteiger partial charge in [-0.1, -0.05) is 23.7 Å². The highest BCUT2D eigenvalue weighted by molar-refractivity contribution is 7.91. The maximum atomic E-state index is 12.1. The topological polar surface area (TPSA) is 119 Å². The Morgan fingerprint density at radius 2 is 2.00 bits per heavy atom. The molecular weight excluding hydrogens is 384 g/mol. The number of nitrogens with one attached hydrogen (secondary N) is 2. The maximum absolute atomic E-state index is 12.1. The maximum Gasteiger partial charge on any atom is 0.328 e. The number of amides is 2. The molecule has 1 aliphatic heterocycles. The first-order valence-corrected chi connectivity index (χ1v) is 10.1. The quantitative estimate of drug-likeness (QED) is 0.661. The summed E-state index contributed by atoms with van der Waals surface area (Å²) in [4.78, 5) is 35.7. The Labute approximate surface area is 156 Å². The monoisotopic (exact) mass is 402 g/mol. The minimum Gasteiger partial charge on any atom is -0.454 e. The summed E-state index contributed by atoms with van der Waals surface area (Å²) < 4.78 is 27.5. The van der Waals surface area contributed by atoms with Gasteiger partial charge in [0.2, 0.25) is 0 Å². The van der Waals surface area contributed by atoms with Crippen molar-refractivity contribution in [3.05, 3.63) is 34.9 Å². The second-order valence-electron chi connectivity index (χ2n) is 5.95. The summed E-state index contributed by atoms with van der Waals surface area (Å²) in [6, 6.07) is 4.91. The smallest absolute Gasteiger partial charge is 0.328 e. The average Bonchev–Trinajstić information content (AvgIpc) is 2.91. The second-order valence-corrected chi connectivity index (χ2v) is 8.59. The zero-order valence-electron chi connectivity index (χ0n) is 14.0. The molecule has 8 nitrogen and oxygen atoms in total. The number of hydrogen-bond acceptors (Lipinski definition) is 6. The van der Waals surface area contributed by atoms with E-state index >= 15 is 0 Å². The molecule has 2 rings (SSSR count). The number of halogens is 1. The molecule has 1 heterocycles. The summed E-state index contributed by atoms with van der Waals surface area (Å²) >= 11 is 5.91. The van der Waals surface area contributed by atoms with Gasteiger partial charge < -0.3 is 15.4 Å². The number of carbonyl (C=O) groups excluding carboxylic acids is 3. The van der Waals surface area contributed by atoms with Crippen LogP contribution in [0, 0.1) is 0 Å². The molecular formula is C16H19ClN2O6S. The number of sulfone groups is 1. The molecule has 1 aromatic rings. The van der Waals surface area contributed by atoms with E-state index < -0.39 is 46.3 Å². The summed E-state index contributed by atoms with van der Waals surface area (Å²) in [5, 5.41) is 5.18. The van der Waals surface area contributed by atoms with Gasteiger partial charge in [0.1, 0.15) is 6.04 Å². The van der Waals surface area contributed by atoms with E-state index in [1.54, 1.807) is 18.2 Å². The Morgan fingerprint density at radius 1 is 1.31 bits per heavy atom. The van der Waals surface area contributed by atoms with Crippen LogP contribution >= 0.6 is 11.6 Å². The Balaban J connectivity index is 1.77. The van der Waals surface area contributed by atoms with E-state index in [2.05, 4.69) is 10.6 Å². The largest absolute Gasteiger partial charge is 0.454 e. The van der Waals surface area contributed by atoms with Crippen LogP contribution in [0.25, 0.3) is 0 Å².